The summed E-state index contributed by atoms with van der Waals surface area (Å²) >= 11 is 1.58. The predicted molar refractivity (Wildman–Crippen MR) is 92.1 cm³/mol. The Morgan fingerprint density at radius 1 is 1.39 bits per heavy atom. The van der Waals surface area contributed by atoms with Crippen LogP contribution in [0.15, 0.2) is 24.3 Å². The van der Waals surface area contributed by atoms with Gasteiger partial charge in [0.05, 0.1) is 18.7 Å². The summed E-state index contributed by atoms with van der Waals surface area (Å²) in [6.07, 6.45) is 1.30. The van der Waals surface area contributed by atoms with Crippen LogP contribution in [-0.2, 0) is 24.2 Å². The number of nitrogens with zero attached hydrogens (tertiary/aromatic N) is 2. The molecule has 0 fully saturated rings. The minimum Gasteiger partial charge on any atom is -0.494 e. The molecule has 0 unspecified atom stereocenters. The molecule has 2 heterocycles. The van der Waals surface area contributed by atoms with Crippen LogP contribution in [0.4, 0.5) is 5.13 Å². The van der Waals surface area contributed by atoms with E-state index in [0.717, 1.165) is 36.5 Å². The zero-order chi connectivity index (χ0) is 16.2. The van der Waals surface area contributed by atoms with E-state index < -0.39 is 0 Å². The molecule has 1 aliphatic heterocycles. The first-order valence-corrected chi connectivity index (χ1v) is 8.64. The number of aromatic nitrogens is 1. The second kappa shape index (κ2) is 7.10. The van der Waals surface area contributed by atoms with E-state index in [4.69, 9.17) is 4.74 Å². The third-order valence-electron chi connectivity index (χ3n) is 3.77. The zero-order valence-electron chi connectivity index (χ0n) is 13.5. The molecular formula is C17H21N3O2S. The summed E-state index contributed by atoms with van der Waals surface area (Å²) in [5.74, 6) is 0.794. The van der Waals surface area contributed by atoms with Gasteiger partial charge in [-0.25, -0.2) is 4.98 Å². The molecule has 23 heavy (non-hydrogen) atoms. The van der Waals surface area contributed by atoms with Crippen LogP contribution in [0.5, 0.6) is 5.75 Å². The number of fused-ring (bicyclic) bond motifs is 1. The summed E-state index contributed by atoms with van der Waals surface area (Å²) in [5, 5.41) is 3.63. The minimum absolute atomic E-state index is 0.0337. The van der Waals surface area contributed by atoms with E-state index in [1.54, 1.807) is 11.3 Å². The zero-order valence-corrected chi connectivity index (χ0v) is 14.3. The van der Waals surface area contributed by atoms with Crippen LogP contribution >= 0.6 is 11.3 Å². The van der Waals surface area contributed by atoms with E-state index in [-0.39, 0.29) is 5.91 Å². The molecule has 1 N–H and O–H groups in total. The fourth-order valence-corrected chi connectivity index (χ4v) is 3.70. The van der Waals surface area contributed by atoms with Crippen molar-refractivity contribution in [2.45, 2.75) is 26.3 Å². The number of hydrogen-bond donors (Lipinski definition) is 1. The Morgan fingerprint density at radius 3 is 2.91 bits per heavy atom. The van der Waals surface area contributed by atoms with Gasteiger partial charge in [0.1, 0.15) is 5.75 Å². The summed E-state index contributed by atoms with van der Waals surface area (Å²) in [6.45, 7) is 4.54. The van der Waals surface area contributed by atoms with Crippen molar-refractivity contribution < 1.29 is 9.53 Å². The first-order chi connectivity index (χ1) is 11.1. The molecule has 1 amide bonds. The lowest BCUT2D eigenvalue weighted by Crippen LogP contribution is -2.25. The summed E-state index contributed by atoms with van der Waals surface area (Å²) in [4.78, 5) is 20.3. The van der Waals surface area contributed by atoms with E-state index in [1.165, 1.54) is 4.88 Å². The highest BCUT2D eigenvalue weighted by molar-refractivity contribution is 7.15. The van der Waals surface area contributed by atoms with E-state index >= 15 is 0 Å². The number of carbonyl (C=O) groups excluding carboxylic acids is 1. The van der Waals surface area contributed by atoms with Gasteiger partial charge in [-0.05, 0) is 31.7 Å². The maximum atomic E-state index is 12.2. The number of thiazole rings is 1. The molecule has 0 bridgehead atoms. The van der Waals surface area contributed by atoms with E-state index in [9.17, 15) is 4.79 Å². The number of likely N-dealkylation sites (N-methyl/N-ethyl adjacent to an activating group) is 1. The normalized spacial score (nSPS) is 14.3. The topological polar surface area (TPSA) is 54.5 Å². The van der Waals surface area contributed by atoms with Crippen LogP contribution in [0.2, 0.25) is 0 Å². The van der Waals surface area contributed by atoms with Crippen molar-refractivity contribution in [3.05, 3.63) is 40.4 Å². The number of carbonyl (C=O) groups is 1. The molecule has 0 aliphatic carbocycles. The van der Waals surface area contributed by atoms with Gasteiger partial charge < -0.3 is 15.0 Å². The van der Waals surface area contributed by atoms with E-state index in [2.05, 4.69) is 22.2 Å². The predicted octanol–water partition coefficient (Wildman–Crippen LogP) is 2.71. The maximum Gasteiger partial charge on any atom is 0.230 e. The Balaban J connectivity index is 1.59. The molecule has 0 saturated carbocycles. The molecule has 0 spiro atoms. The van der Waals surface area contributed by atoms with Gasteiger partial charge in [0.15, 0.2) is 5.13 Å². The second-order valence-electron chi connectivity index (χ2n) is 5.68. The Bertz CT molecular complexity index is 682. The first-order valence-electron chi connectivity index (χ1n) is 7.82. The molecule has 1 aromatic heterocycles. The summed E-state index contributed by atoms with van der Waals surface area (Å²) in [7, 11) is 2.10. The van der Waals surface area contributed by atoms with E-state index in [0.29, 0.717) is 18.2 Å². The largest absolute Gasteiger partial charge is 0.494 e. The molecule has 2 aromatic rings. The van der Waals surface area contributed by atoms with Gasteiger partial charge in [0, 0.05) is 24.4 Å². The van der Waals surface area contributed by atoms with Crippen molar-refractivity contribution in [1.82, 2.24) is 9.88 Å². The number of rotatable bonds is 5. The van der Waals surface area contributed by atoms with Gasteiger partial charge in [0.2, 0.25) is 5.91 Å². The van der Waals surface area contributed by atoms with Crippen LogP contribution in [0.3, 0.4) is 0 Å². The highest BCUT2D eigenvalue weighted by Crippen LogP contribution is 2.27. The lowest BCUT2D eigenvalue weighted by molar-refractivity contribution is -0.115. The molecule has 6 heteroatoms. The fraction of sp³-hybridized carbons (Fsp3) is 0.412. The molecule has 0 radical (unpaired) electrons. The van der Waals surface area contributed by atoms with Crippen molar-refractivity contribution in [2.75, 3.05) is 25.5 Å². The SMILES string of the molecule is CCOc1ccc(CC(=O)Nc2nc3c(s2)CN(C)CC3)cc1. The van der Waals surface area contributed by atoms with Crippen LogP contribution < -0.4 is 10.1 Å². The van der Waals surface area contributed by atoms with Gasteiger partial charge in [0.25, 0.3) is 0 Å². The second-order valence-corrected chi connectivity index (χ2v) is 6.76. The van der Waals surface area contributed by atoms with Crippen molar-refractivity contribution >= 4 is 22.4 Å². The van der Waals surface area contributed by atoms with Gasteiger partial charge in [-0.15, -0.1) is 11.3 Å². The van der Waals surface area contributed by atoms with Crippen molar-refractivity contribution in [3.63, 3.8) is 0 Å². The van der Waals surface area contributed by atoms with Crippen LogP contribution in [0.1, 0.15) is 23.1 Å². The molecule has 0 atom stereocenters. The van der Waals surface area contributed by atoms with Crippen LogP contribution in [0.25, 0.3) is 0 Å². The Kier molecular flexibility index (Phi) is 4.93. The molecule has 1 aromatic carbocycles. The highest BCUT2D eigenvalue weighted by Gasteiger charge is 2.19. The summed E-state index contributed by atoms with van der Waals surface area (Å²) in [6, 6.07) is 7.63. The Labute approximate surface area is 140 Å². The van der Waals surface area contributed by atoms with Gasteiger partial charge >= 0.3 is 0 Å². The molecule has 3 rings (SSSR count). The molecule has 122 valence electrons. The van der Waals surface area contributed by atoms with Crippen LogP contribution in [0, 0.1) is 0 Å². The molecule has 1 aliphatic rings. The Morgan fingerprint density at radius 2 is 2.17 bits per heavy atom. The standard InChI is InChI=1S/C17H21N3O2S/c1-3-22-13-6-4-12(5-7-13)10-16(21)19-17-18-14-8-9-20(2)11-15(14)23-17/h4-7H,3,8-11H2,1-2H3,(H,18,19,21). The van der Waals surface area contributed by atoms with Crippen molar-refractivity contribution in [2.24, 2.45) is 0 Å². The average molecular weight is 331 g/mol. The maximum absolute atomic E-state index is 12.2. The quantitative estimate of drug-likeness (QED) is 0.915. The number of ether oxygens (including phenoxy) is 1. The van der Waals surface area contributed by atoms with Gasteiger partial charge in [-0.3, -0.25) is 4.79 Å². The summed E-state index contributed by atoms with van der Waals surface area (Å²) in [5.41, 5.74) is 2.09. The van der Waals surface area contributed by atoms with Gasteiger partial charge in [-0.2, -0.15) is 0 Å². The van der Waals surface area contributed by atoms with Crippen molar-refractivity contribution in [1.29, 1.82) is 0 Å². The highest BCUT2D eigenvalue weighted by atomic mass is 32.1. The fourth-order valence-electron chi connectivity index (χ4n) is 2.60. The van der Waals surface area contributed by atoms with E-state index in [1.807, 2.05) is 31.2 Å². The number of hydrogen-bond acceptors (Lipinski definition) is 5. The third kappa shape index (κ3) is 4.09. The lowest BCUT2D eigenvalue weighted by Gasteiger charge is -2.20. The molecule has 5 nitrogen and oxygen atoms in total. The average Bonchev–Trinajstić information content (AvgIpc) is 2.90. The summed E-state index contributed by atoms with van der Waals surface area (Å²) < 4.78 is 5.40. The number of nitrogens with one attached hydrogen (secondary N) is 1. The molecule has 0 saturated heterocycles. The molecular weight excluding hydrogens is 310 g/mol. The number of anilines is 1. The van der Waals surface area contributed by atoms with Gasteiger partial charge in [-0.1, -0.05) is 12.1 Å². The van der Waals surface area contributed by atoms with Crippen molar-refractivity contribution in [3.8, 4) is 5.75 Å². The minimum atomic E-state index is -0.0337. The van der Waals surface area contributed by atoms with Crippen LogP contribution in [-0.4, -0.2) is 36.0 Å². The lowest BCUT2D eigenvalue weighted by atomic mass is 10.1. The number of benzene rings is 1. The monoisotopic (exact) mass is 331 g/mol. The number of amides is 1. The first kappa shape index (κ1) is 16.0. The third-order valence-corrected chi connectivity index (χ3v) is 4.77. The Hall–Kier alpha value is -1.92. The smallest absolute Gasteiger partial charge is 0.230 e.